The highest BCUT2D eigenvalue weighted by atomic mass is 35.5. The summed E-state index contributed by atoms with van der Waals surface area (Å²) in [5.74, 6) is -0.978. The Morgan fingerprint density at radius 2 is 1.94 bits per heavy atom. The normalized spacial score (nSPS) is 12.4. The number of amides is 2. The summed E-state index contributed by atoms with van der Waals surface area (Å²) in [7, 11) is 0. The minimum atomic E-state index is -4.51. The quantitative estimate of drug-likeness (QED) is 0.577. The molecule has 0 aliphatic carbocycles. The zero-order valence-electron chi connectivity index (χ0n) is 17.8. The number of aromatic nitrogens is 2. The molecule has 0 fully saturated rings. The molecule has 2 N–H and O–H groups in total. The summed E-state index contributed by atoms with van der Waals surface area (Å²) in [6.07, 6.45) is -1.30. The van der Waals surface area contributed by atoms with Crippen molar-refractivity contribution in [1.29, 1.82) is 0 Å². The number of pyridine rings is 2. The first-order valence-corrected chi connectivity index (χ1v) is 10.2. The molecule has 2 rings (SSSR count). The van der Waals surface area contributed by atoms with Gasteiger partial charge in [-0.1, -0.05) is 25.4 Å². The zero-order valence-corrected chi connectivity index (χ0v) is 18.5. The smallest absolute Gasteiger partial charge is 0.422 e. The van der Waals surface area contributed by atoms with Crippen LogP contribution in [0.5, 0.6) is 5.88 Å². The summed E-state index contributed by atoms with van der Waals surface area (Å²) in [5, 5.41) is 5.46. The maximum atomic E-state index is 12.8. The molecule has 0 spiro atoms. The molecule has 11 heteroatoms. The first-order chi connectivity index (χ1) is 15.0. The predicted molar refractivity (Wildman–Crippen MR) is 112 cm³/mol. The van der Waals surface area contributed by atoms with Gasteiger partial charge in [-0.3, -0.25) is 14.6 Å². The molecular weight excluding hydrogens is 449 g/mol. The molecule has 0 radical (unpaired) electrons. The topological polar surface area (TPSA) is 93.2 Å². The van der Waals surface area contributed by atoms with Gasteiger partial charge in [0.25, 0.3) is 5.91 Å². The Balaban J connectivity index is 2.03. The maximum Gasteiger partial charge on any atom is 0.422 e. The van der Waals surface area contributed by atoms with Gasteiger partial charge in [-0.25, -0.2) is 4.98 Å². The van der Waals surface area contributed by atoms with Crippen molar-refractivity contribution in [1.82, 2.24) is 20.6 Å². The number of alkyl halides is 3. The summed E-state index contributed by atoms with van der Waals surface area (Å²) in [5.41, 5.74) is 1.35. The third kappa shape index (κ3) is 7.67. The average Bonchev–Trinajstić information content (AvgIpc) is 2.72. The van der Waals surface area contributed by atoms with Crippen LogP contribution in [0.3, 0.4) is 0 Å². The molecule has 0 aliphatic rings. The molecular formula is C21H24ClF3N4O3. The van der Waals surface area contributed by atoms with E-state index in [1.807, 2.05) is 0 Å². The van der Waals surface area contributed by atoms with Crippen LogP contribution >= 0.6 is 11.6 Å². The molecule has 2 heterocycles. The van der Waals surface area contributed by atoms with Gasteiger partial charge in [-0.05, 0) is 30.7 Å². The van der Waals surface area contributed by atoms with Gasteiger partial charge in [0.1, 0.15) is 5.02 Å². The maximum absolute atomic E-state index is 12.8. The van der Waals surface area contributed by atoms with E-state index in [-0.39, 0.29) is 22.7 Å². The highest BCUT2D eigenvalue weighted by Crippen LogP contribution is 2.27. The number of hydrogen-bond donors (Lipinski definition) is 2. The van der Waals surface area contributed by atoms with Crippen molar-refractivity contribution in [2.45, 2.75) is 39.4 Å². The lowest BCUT2D eigenvalue weighted by Gasteiger charge is -2.17. The van der Waals surface area contributed by atoms with Crippen LogP contribution in [0.25, 0.3) is 0 Å². The lowest BCUT2D eigenvalue weighted by atomic mass is 10.1. The van der Waals surface area contributed by atoms with Crippen LogP contribution in [0.2, 0.25) is 5.02 Å². The fraction of sp³-hybridized carbons (Fsp3) is 0.429. The van der Waals surface area contributed by atoms with Crippen LogP contribution in [0, 0.1) is 5.92 Å². The molecule has 174 valence electrons. The fourth-order valence-electron chi connectivity index (χ4n) is 2.64. The number of rotatable bonds is 9. The molecule has 0 bridgehead atoms. The van der Waals surface area contributed by atoms with Crippen molar-refractivity contribution < 1.29 is 27.5 Å². The predicted octanol–water partition coefficient (Wildman–Crippen LogP) is 3.88. The number of nitrogens with one attached hydrogen (secondary N) is 2. The van der Waals surface area contributed by atoms with E-state index >= 15 is 0 Å². The number of halogens is 4. The van der Waals surface area contributed by atoms with E-state index in [0.717, 1.165) is 0 Å². The first-order valence-electron chi connectivity index (χ1n) is 9.85. The van der Waals surface area contributed by atoms with Crippen molar-refractivity contribution in [2.24, 2.45) is 5.92 Å². The van der Waals surface area contributed by atoms with Crippen LogP contribution in [0.4, 0.5) is 13.2 Å². The van der Waals surface area contributed by atoms with E-state index in [1.165, 1.54) is 12.3 Å². The van der Waals surface area contributed by atoms with E-state index in [4.69, 9.17) is 11.6 Å². The lowest BCUT2D eigenvalue weighted by Crippen LogP contribution is -2.31. The van der Waals surface area contributed by atoms with Crippen molar-refractivity contribution >= 4 is 23.4 Å². The minimum absolute atomic E-state index is 0.0902. The van der Waals surface area contributed by atoms with Crippen molar-refractivity contribution in [2.75, 3.05) is 13.2 Å². The van der Waals surface area contributed by atoms with Crippen LogP contribution in [-0.4, -0.2) is 41.1 Å². The van der Waals surface area contributed by atoms with Crippen LogP contribution in [-0.2, 0) is 11.2 Å². The lowest BCUT2D eigenvalue weighted by molar-refractivity contribution is -0.154. The number of hydrogen-bond acceptors (Lipinski definition) is 5. The Morgan fingerprint density at radius 1 is 1.22 bits per heavy atom. The molecule has 2 aromatic rings. The van der Waals surface area contributed by atoms with E-state index in [1.54, 1.807) is 39.1 Å². The minimum Gasteiger partial charge on any atom is -0.467 e. The Morgan fingerprint density at radius 3 is 2.56 bits per heavy atom. The van der Waals surface area contributed by atoms with Crippen LogP contribution in [0.1, 0.15) is 48.4 Å². The Hall–Kier alpha value is -2.88. The second-order valence-electron chi connectivity index (χ2n) is 7.35. The molecule has 1 atom stereocenters. The van der Waals surface area contributed by atoms with Gasteiger partial charge in [-0.15, -0.1) is 0 Å². The molecule has 1 unspecified atom stereocenters. The second kappa shape index (κ2) is 11.1. The summed E-state index contributed by atoms with van der Waals surface area (Å²) in [6, 6.07) is 4.09. The van der Waals surface area contributed by atoms with Gasteiger partial charge in [0, 0.05) is 31.3 Å². The molecule has 2 amide bonds. The van der Waals surface area contributed by atoms with E-state index in [2.05, 4.69) is 25.3 Å². The SMILES string of the molecule is CC(C)C(=O)NCCc1ncccc1C(=O)NC(C)c1cnc(OCC(F)(F)F)c(Cl)c1. The average molecular weight is 473 g/mol. The van der Waals surface area contributed by atoms with Gasteiger partial charge in [0.15, 0.2) is 6.61 Å². The highest BCUT2D eigenvalue weighted by Gasteiger charge is 2.29. The van der Waals surface area contributed by atoms with Crippen LogP contribution < -0.4 is 15.4 Å². The van der Waals surface area contributed by atoms with Gasteiger partial charge >= 0.3 is 6.18 Å². The van der Waals surface area contributed by atoms with Crippen molar-refractivity contribution in [3.8, 4) is 5.88 Å². The summed E-state index contributed by atoms with van der Waals surface area (Å²) < 4.78 is 41.5. The summed E-state index contributed by atoms with van der Waals surface area (Å²) in [4.78, 5) is 32.5. The standard InChI is InChI=1S/C21H24ClF3N4O3/c1-12(2)18(30)27-8-6-17-15(5-4-7-26-17)19(31)29-13(3)14-9-16(22)20(28-10-14)32-11-21(23,24)25/h4-5,7,9-10,12-13H,6,8,11H2,1-3H3,(H,27,30)(H,29,31). The zero-order chi connectivity index (χ0) is 23.9. The van der Waals surface area contributed by atoms with E-state index in [9.17, 15) is 22.8 Å². The molecule has 7 nitrogen and oxygen atoms in total. The largest absolute Gasteiger partial charge is 0.467 e. The molecule has 2 aromatic heterocycles. The first kappa shape index (κ1) is 25.4. The number of nitrogens with zero attached hydrogens (tertiary/aromatic N) is 2. The third-order valence-corrected chi connectivity index (χ3v) is 4.64. The Labute approximate surface area is 188 Å². The van der Waals surface area contributed by atoms with E-state index < -0.39 is 24.7 Å². The number of carbonyl (C=O) groups excluding carboxylic acids is 2. The summed E-state index contributed by atoms with van der Waals surface area (Å²) in [6.45, 7) is 4.08. The molecule has 0 saturated carbocycles. The van der Waals surface area contributed by atoms with Gasteiger partial charge in [0.05, 0.1) is 17.3 Å². The molecule has 0 aromatic carbocycles. The molecule has 0 saturated heterocycles. The molecule has 32 heavy (non-hydrogen) atoms. The molecule has 0 aliphatic heterocycles. The highest BCUT2D eigenvalue weighted by molar-refractivity contribution is 6.31. The van der Waals surface area contributed by atoms with Gasteiger partial charge in [-0.2, -0.15) is 13.2 Å². The Bertz CT molecular complexity index is 954. The van der Waals surface area contributed by atoms with Gasteiger partial charge < -0.3 is 15.4 Å². The Kier molecular flexibility index (Phi) is 8.82. The monoisotopic (exact) mass is 472 g/mol. The van der Waals surface area contributed by atoms with Crippen molar-refractivity contribution in [3.05, 3.63) is 52.4 Å². The summed E-state index contributed by atoms with van der Waals surface area (Å²) >= 11 is 5.97. The number of ether oxygens (including phenoxy) is 1. The fourth-order valence-corrected chi connectivity index (χ4v) is 2.87. The van der Waals surface area contributed by atoms with E-state index in [0.29, 0.717) is 29.8 Å². The van der Waals surface area contributed by atoms with Crippen molar-refractivity contribution in [3.63, 3.8) is 0 Å². The van der Waals surface area contributed by atoms with Crippen LogP contribution in [0.15, 0.2) is 30.6 Å². The second-order valence-corrected chi connectivity index (χ2v) is 7.76. The number of carbonyl (C=O) groups is 2. The third-order valence-electron chi connectivity index (χ3n) is 4.37. The van der Waals surface area contributed by atoms with Gasteiger partial charge in [0.2, 0.25) is 11.8 Å².